The number of hydrogen-bond acceptors (Lipinski definition) is 3. The molecule has 104 valence electrons. The normalized spacial score (nSPS) is 27.0. The Labute approximate surface area is 111 Å². The molecule has 2 rings (SSSR count). The van der Waals surface area contributed by atoms with E-state index in [2.05, 4.69) is 13.8 Å². The summed E-state index contributed by atoms with van der Waals surface area (Å²) in [7, 11) is 0. The third kappa shape index (κ3) is 3.22. The molecule has 19 heavy (non-hydrogen) atoms. The van der Waals surface area contributed by atoms with Gasteiger partial charge in [0.1, 0.15) is 5.82 Å². The van der Waals surface area contributed by atoms with Crippen LogP contribution in [0.25, 0.3) is 0 Å². The maximum absolute atomic E-state index is 13.2. The van der Waals surface area contributed by atoms with E-state index in [0.717, 1.165) is 37.5 Å². The topological polar surface area (TPSA) is 52.4 Å². The Balaban J connectivity index is 2.14. The predicted octanol–water partition coefficient (Wildman–Crippen LogP) is 3.94. The van der Waals surface area contributed by atoms with Gasteiger partial charge < -0.3 is 4.74 Å². The number of hydrogen-bond donors (Lipinski definition) is 0. The van der Waals surface area contributed by atoms with Crippen molar-refractivity contribution in [2.45, 2.75) is 39.2 Å². The Morgan fingerprint density at radius 3 is 2.68 bits per heavy atom. The molecule has 1 aliphatic carbocycles. The number of nitrogens with zero attached hydrogens (tertiary/aromatic N) is 1. The van der Waals surface area contributed by atoms with Crippen molar-refractivity contribution < 1.29 is 14.1 Å². The van der Waals surface area contributed by atoms with Crippen LogP contribution in [0.1, 0.15) is 33.1 Å². The third-order valence-electron chi connectivity index (χ3n) is 3.96. The SMILES string of the molecule is CC1CCC(Oc2cc(F)ccc2[N+](=O)[O-])CC1C. The van der Waals surface area contributed by atoms with Crippen LogP contribution in [0, 0.1) is 27.8 Å². The molecule has 1 saturated carbocycles. The van der Waals surface area contributed by atoms with Crippen molar-refractivity contribution in [2.75, 3.05) is 0 Å². The smallest absolute Gasteiger partial charge is 0.311 e. The number of rotatable bonds is 3. The molecule has 0 aromatic heterocycles. The van der Waals surface area contributed by atoms with Crippen molar-refractivity contribution in [2.24, 2.45) is 11.8 Å². The summed E-state index contributed by atoms with van der Waals surface area (Å²) in [5.41, 5.74) is -0.173. The van der Waals surface area contributed by atoms with Gasteiger partial charge in [0.25, 0.3) is 0 Å². The molecule has 0 heterocycles. The molecule has 0 bridgehead atoms. The molecule has 0 aliphatic heterocycles. The van der Waals surface area contributed by atoms with Gasteiger partial charge in [0.2, 0.25) is 0 Å². The van der Waals surface area contributed by atoms with Crippen molar-refractivity contribution >= 4 is 5.69 Å². The van der Waals surface area contributed by atoms with Gasteiger partial charge in [-0.1, -0.05) is 13.8 Å². The van der Waals surface area contributed by atoms with Crippen LogP contribution < -0.4 is 4.74 Å². The van der Waals surface area contributed by atoms with E-state index < -0.39 is 10.7 Å². The lowest BCUT2D eigenvalue weighted by molar-refractivity contribution is -0.386. The minimum Gasteiger partial charge on any atom is -0.483 e. The highest BCUT2D eigenvalue weighted by Gasteiger charge is 2.27. The summed E-state index contributed by atoms with van der Waals surface area (Å²) in [6.45, 7) is 4.35. The second-order valence-electron chi connectivity index (χ2n) is 5.38. The average molecular weight is 267 g/mol. The Morgan fingerprint density at radius 1 is 1.32 bits per heavy atom. The van der Waals surface area contributed by atoms with Crippen molar-refractivity contribution in [1.29, 1.82) is 0 Å². The van der Waals surface area contributed by atoms with Gasteiger partial charge in [0.15, 0.2) is 5.75 Å². The Morgan fingerprint density at radius 2 is 2.05 bits per heavy atom. The minimum atomic E-state index is -0.538. The minimum absolute atomic E-state index is 0.0387. The monoisotopic (exact) mass is 267 g/mol. The van der Waals surface area contributed by atoms with E-state index in [1.807, 2.05) is 0 Å². The van der Waals surface area contributed by atoms with E-state index in [0.29, 0.717) is 11.8 Å². The van der Waals surface area contributed by atoms with Crippen molar-refractivity contribution in [3.8, 4) is 5.75 Å². The van der Waals surface area contributed by atoms with Gasteiger partial charge in [-0.3, -0.25) is 10.1 Å². The number of ether oxygens (including phenoxy) is 1. The summed E-state index contributed by atoms with van der Waals surface area (Å²) in [6, 6.07) is 3.33. The van der Waals surface area contributed by atoms with Gasteiger partial charge in [0, 0.05) is 12.1 Å². The standard InChI is InChI=1S/C14H18FNO3/c1-9-3-5-12(7-10(9)2)19-14-8-11(15)4-6-13(14)16(17)18/h4,6,8-10,12H,3,5,7H2,1-2H3. The molecule has 5 heteroatoms. The molecule has 0 spiro atoms. The van der Waals surface area contributed by atoms with Gasteiger partial charge in [0.05, 0.1) is 11.0 Å². The van der Waals surface area contributed by atoms with Crippen molar-refractivity contribution in [3.05, 3.63) is 34.1 Å². The fraction of sp³-hybridized carbons (Fsp3) is 0.571. The van der Waals surface area contributed by atoms with Gasteiger partial charge in [-0.05, 0) is 37.2 Å². The summed E-state index contributed by atoms with van der Waals surface area (Å²) >= 11 is 0. The summed E-state index contributed by atoms with van der Waals surface area (Å²) in [6.07, 6.45) is 2.69. The molecule has 3 atom stereocenters. The molecule has 1 aromatic carbocycles. The first-order valence-corrected chi connectivity index (χ1v) is 6.58. The Kier molecular flexibility index (Phi) is 4.02. The largest absolute Gasteiger partial charge is 0.483 e. The molecule has 1 fully saturated rings. The maximum Gasteiger partial charge on any atom is 0.311 e. The number of benzene rings is 1. The fourth-order valence-corrected chi connectivity index (χ4v) is 2.52. The van der Waals surface area contributed by atoms with Crippen LogP contribution in [-0.4, -0.2) is 11.0 Å². The van der Waals surface area contributed by atoms with Crippen molar-refractivity contribution in [3.63, 3.8) is 0 Å². The van der Waals surface area contributed by atoms with E-state index >= 15 is 0 Å². The first-order valence-electron chi connectivity index (χ1n) is 6.58. The molecule has 0 amide bonds. The molecular weight excluding hydrogens is 249 g/mol. The summed E-state index contributed by atoms with van der Waals surface area (Å²) in [5, 5.41) is 10.9. The average Bonchev–Trinajstić information content (AvgIpc) is 2.33. The van der Waals surface area contributed by atoms with Crippen LogP contribution in [0.15, 0.2) is 18.2 Å². The van der Waals surface area contributed by atoms with Crippen molar-refractivity contribution in [1.82, 2.24) is 0 Å². The lowest BCUT2D eigenvalue weighted by Gasteiger charge is -2.32. The predicted molar refractivity (Wildman–Crippen MR) is 69.6 cm³/mol. The molecule has 4 nitrogen and oxygen atoms in total. The van der Waals surface area contributed by atoms with Crippen LogP contribution in [0.4, 0.5) is 10.1 Å². The van der Waals surface area contributed by atoms with Crippen LogP contribution >= 0.6 is 0 Å². The summed E-state index contributed by atoms with van der Waals surface area (Å²) < 4.78 is 18.9. The zero-order valence-electron chi connectivity index (χ0n) is 11.1. The number of nitro groups is 1. The highest BCUT2D eigenvalue weighted by molar-refractivity contribution is 5.46. The highest BCUT2D eigenvalue weighted by atomic mass is 19.1. The van der Waals surface area contributed by atoms with E-state index in [9.17, 15) is 14.5 Å². The second-order valence-corrected chi connectivity index (χ2v) is 5.38. The quantitative estimate of drug-likeness (QED) is 0.615. The molecule has 1 aromatic rings. The lowest BCUT2D eigenvalue weighted by Crippen LogP contribution is -2.29. The fourth-order valence-electron chi connectivity index (χ4n) is 2.52. The van der Waals surface area contributed by atoms with Gasteiger partial charge in [-0.15, -0.1) is 0 Å². The molecule has 0 saturated heterocycles. The van der Waals surface area contributed by atoms with Gasteiger partial charge in [-0.2, -0.15) is 0 Å². The molecule has 0 radical (unpaired) electrons. The highest BCUT2D eigenvalue weighted by Crippen LogP contribution is 2.35. The molecule has 1 aliphatic rings. The molecular formula is C14H18FNO3. The number of nitro benzene ring substituents is 1. The summed E-state index contributed by atoms with van der Waals surface area (Å²) in [5.74, 6) is 0.684. The Hall–Kier alpha value is -1.65. The van der Waals surface area contributed by atoms with E-state index in [1.165, 1.54) is 0 Å². The molecule has 3 unspecified atom stereocenters. The lowest BCUT2D eigenvalue weighted by atomic mass is 9.80. The number of halogens is 1. The van der Waals surface area contributed by atoms with E-state index in [4.69, 9.17) is 4.74 Å². The van der Waals surface area contributed by atoms with Crippen LogP contribution in [0.3, 0.4) is 0 Å². The second kappa shape index (κ2) is 5.55. The third-order valence-corrected chi connectivity index (χ3v) is 3.96. The van der Waals surface area contributed by atoms with E-state index in [1.54, 1.807) is 0 Å². The zero-order valence-corrected chi connectivity index (χ0v) is 11.1. The Bertz CT molecular complexity index is 478. The maximum atomic E-state index is 13.2. The van der Waals surface area contributed by atoms with Gasteiger partial charge >= 0.3 is 5.69 Å². The van der Waals surface area contributed by atoms with Crippen LogP contribution in [0.5, 0.6) is 5.75 Å². The van der Waals surface area contributed by atoms with Crippen LogP contribution in [-0.2, 0) is 0 Å². The first kappa shape index (κ1) is 13.8. The van der Waals surface area contributed by atoms with E-state index in [-0.39, 0.29) is 17.5 Å². The zero-order chi connectivity index (χ0) is 14.0. The summed E-state index contributed by atoms with van der Waals surface area (Å²) in [4.78, 5) is 10.4. The van der Waals surface area contributed by atoms with Crippen LogP contribution in [0.2, 0.25) is 0 Å². The van der Waals surface area contributed by atoms with Gasteiger partial charge in [-0.25, -0.2) is 4.39 Å². The first-order chi connectivity index (χ1) is 8.97. The molecule has 0 N–H and O–H groups in total.